The molecule has 0 saturated carbocycles. The molecule has 1 aromatic heterocycles. The van der Waals surface area contributed by atoms with E-state index in [0.717, 1.165) is 10.6 Å². The molecule has 0 atom stereocenters. The first kappa shape index (κ1) is 8.99. The lowest BCUT2D eigenvalue weighted by atomic mass is 10.3. The van der Waals surface area contributed by atoms with Crippen molar-refractivity contribution in [3.05, 3.63) is 17.3 Å². The van der Waals surface area contributed by atoms with E-state index in [0.29, 0.717) is 5.69 Å². The Morgan fingerprint density at radius 1 is 1.45 bits per heavy atom. The van der Waals surface area contributed by atoms with Gasteiger partial charge in [0.25, 0.3) is 0 Å². The summed E-state index contributed by atoms with van der Waals surface area (Å²) in [6, 6.07) is 1.77. The molecule has 0 unspecified atom stereocenters. The lowest BCUT2D eigenvalue weighted by molar-refractivity contribution is 0.257. The van der Waals surface area contributed by atoms with Crippen LogP contribution in [0.3, 0.4) is 0 Å². The predicted molar refractivity (Wildman–Crippen MR) is 47.5 cm³/mol. The van der Waals surface area contributed by atoms with Crippen LogP contribution in [0.5, 0.6) is 0 Å². The minimum Gasteiger partial charge on any atom is -0.392 e. The van der Waals surface area contributed by atoms with Crippen molar-refractivity contribution < 1.29 is 10.2 Å². The van der Waals surface area contributed by atoms with E-state index in [1.54, 1.807) is 6.07 Å². The molecule has 0 bridgehead atoms. The van der Waals surface area contributed by atoms with Crippen molar-refractivity contribution in [2.75, 3.05) is 0 Å². The number of thiol groups is 1. The van der Waals surface area contributed by atoms with Crippen molar-refractivity contribution in [1.82, 2.24) is 4.98 Å². The van der Waals surface area contributed by atoms with Gasteiger partial charge < -0.3 is 15.2 Å². The molecular formula is C6H9NO2S2. The number of H-pyrrole nitrogens is 1. The third-order valence-electron chi connectivity index (χ3n) is 1.39. The number of rotatable bonds is 3. The first-order chi connectivity index (χ1) is 5.31. The average Bonchev–Trinajstić information content (AvgIpc) is 2.46. The van der Waals surface area contributed by atoms with Crippen LogP contribution >= 0.6 is 22.5 Å². The Labute approximate surface area is 73.6 Å². The smallest absolute Gasteiger partial charge is 0.0834 e. The van der Waals surface area contributed by atoms with Gasteiger partial charge in [-0.15, -0.1) is 11.7 Å². The summed E-state index contributed by atoms with van der Waals surface area (Å²) in [5.41, 5.74) is 1.38. The fraction of sp³-hybridized carbons (Fsp3) is 0.333. The average molecular weight is 191 g/mol. The largest absolute Gasteiger partial charge is 0.392 e. The molecule has 0 aromatic carbocycles. The summed E-state index contributed by atoms with van der Waals surface area (Å²) in [6.07, 6.45) is 0. The Morgan fingerprint density at radius 2 is 2.18 bits per heavy atom. The highest BCUT2D eigenvalue weighted by molar-refractivity contribution is 8.68. The third-order valence-corrected chi connectivity index (χ3v) is 2.40. The number of aliphatic hydroxyl groups is 2. The van der Waals surface area contributed by atoms with E-state index in [1.807, 2.05) is 0 Å². The van der Waals surface area contributed by atoms with Crippen molar-refractivity contribution >= 4 is 22.5 Å². The number of aliphatic hydroxyl groups excluding tert-OH is 2. The highest BCUT2D eigenvalue weighted by Crippen LogP contribution is 2.23. The molecule has 1 aromatic rings. The SMILES string of the molecule is OCc1cc(SS)[nH]c1CO. The summed E-state index contributed by atoms with van der Waals surface area (Å²) in [5, 5.41) is 18.4. The second kappa shape index (κ2) is 4.06. The summed E-state index contributed by atoms with van der Waals surface area (Å²) in [5.74, 6) is 0. The van der Waals surface area contributed by atoms with Crippen molar-refractivity contribution in [1.29, 1.82) is 0 Å². The molecule has 0 aliphatic rings. The van der Waals surface area contributed by atoms with Crippen LogP contribution in [0.15, 0.2) is 11.1 Å². The molecule has 0 fully saturated rings. The summed E-state index contributed by atoms with van der Waals surface area (Å²) in [7, 11) is 1.25. The van der Waals surface area contributed by atoms with Crippen LogP contribution in [-0.4, -0.2) is 15.2 Å². The van der Waals surface area contributed by atoms with Crippen LogP contribution < -0.4 is 0 Å². The van der Waals surface area contributed by atoms with E-state index in [-0.39, 0.29) is 13.2 Å². The molecular weight excluding hydrogens is 182 g/mol. The minimum absolute atomic E-state index is 0.0548. The molecule has 1 rings (SSSR count). The van der Waals surface area contributed by atoms with Crippen molar-refractivity contribution in [3.8, 4) is 0 Å². The van der Waals surface area contributed by atoms with Gasteiger partial charge in [-0.2, -0.15) is 0 Å². The van der Waals surface area contributed by atoms with Gasteiger partial charge in [-0.1, -0.05) is 0 Å². The van der Waals surface area contributed by atoms with E-state index in [4.69, 9.17) is 10.2 Å². The quantitative estimate of drug-likeness (QED) is 0.425. The Kier molecular flexibility index (Phi) is 3.32. The van der Waals surface area contributed by atoms with Gasteiger partial charge in [0.1, 0.15) is 0 Å². The molecule has 0 saturated heterocycles. The molecule has 3 nitrogen and oxygen atoms in total. The number of hydrogen-bond donors (Lipinski definition) is 4. The molecule has 3 N–H and O–H groups in total. The number of hydrogen-bond acceptors (Lipinski definition) is 4. The zero-order valence-corrected chi connectivity index (χ0v) is 7.45. The zero-order chi connectivity index (χ0) is 8.27. The summed E-state index contributed by atoms with van der Waals surface area (Å²) in [6.45, 7) is -0.134. The Balaban J connectivity index is 2.92. The topological polar surface area (TPSA) is 56.2 Å². The lowest BCUT2D eigenvalue weighted by Crippen LogP contribution is -1.89. The third kappa shape index (κ3) is 1.93. The zero-order valence-electron chi connectivity index (χ0n) is 5.74. The Morgan fingerprint density at radius 3 is 2.55 bits per heavy atom. The van der Waals surface area contributed by atoms with Gasteiger partial charge in [-0.3, -0.25) is 0 Å². The molecule has 0 radical (unpaired) electrons. The lowest BCUT2D eigenvalue weighted by Gasteiger charge is -1.93. The van der Waals surface area contributed by atoms with Crippen LogP contribution in [0, 0.1) is 0 Å². The Hall–Kier alpha value is -0.100. The summed E-state index contributed by atoms with van der Waals surface area (Å²) in [4.78, 5) is 2.91. The minimum atomic E-state index is -0.0791. The molecule has 0 aliphatic heterocycles. The maximum Gasteiger partial charge on any atom is 0.0834 e. The maximum absolute atomic E-state index is 8.79. The fourth-order valence-corrected chi connectivity index (χ4v) is 1.50. The van der Waals surface area contributed by atoms with Gasteiger partial charge in [0.15, 0.2) is 0 Å². The highest BCUT2D eigenvalue weighted by atomic mass is 33.1. The monoisotopic (exact) mass is 191 g/mol. The fourth-order valence-electron chi connectivity index (χ4n) is 0.842. The molecule has 11 heavy (non-hydrogen) atoms. The molecule has 5 heteroatoms. The van der Waals surface area contributed by atoms with Gasteiger partial charge in [0, 0.05) is 11.3 Å². The number of aromatic nitrogens is 1. The predicted octanol–water partition coefficient (Wildman–Crippen LogP) is 0.936. The number of aromatic amines is 1. The highest BCUT2D eigenvalue weighted by Gasteiger charge is 2.04. The molecule has 1 heterocycles. The van der Waals surface area contributed by atoms with Crippen molar-refractivity contribution in [3.63, 3.8) is 0 Å². The number of nitrogens with one attached hydrogen (secondary N) is 1. The van der Waals surface area contributed by atoms with Crippen LogP contribution in [0.25, 0.3) is 0 Å². The first-order valence-electron chi connectivity index (χ1n) is 3.05. The molecule has 0 amide bonds. The second-order valence-electron chi connectivity index (χ2n) is 2.04. The van der Waals surface area contributed by atoms with Gasteiger partial charge in [0.2, 0.25) is 0 Å². The first-order valence-corrected chi connectivity index (χ1v) is 4.92. The van der Waals surface area contributed by atoms with Crippen molar-refractivity contribution in [2.45, 2.75) is 18.2 Å². The normalized spacial score (nSPS) is 10.5. The van der Waals surface area contributed by atoms with E-state index >= 15 is 0 Å². The Bertz CT molecular complexity index is 215. The molecule has 0 spiro atoms. The second-order valence-corrected chi connectivity index (χ2v) is 3.22. The standard InChI is InChI=1S/C6H9NO2S2/c8-2-4-1-6(11-10)7-5(4)3-9/h1,7-10H,2-3H2. The van der Waals surface area contributed by atoms with Gasteiger partial charge in [-0.05, 0) is 16.9 Å². The van der Waals surface area contributed by atoms with Crippen LogP contribution in [0.4, 0.5) is 0 Å². The van der Waals surface area contributed by atoms with Crippen LogP contribution in [0.1, 0.15) is 11.3 Å². The van der Waals surface area contributed by atoms with E-state index < -0.39 is 0 Å². The molecule has 62 valence electrons. The van der Waals surface area contributed by atoms with Crippen LogP contribution in [-0.2, 0) is 13.2 Å². The van der Waals surface area contributed by atoms with Crippen molar-refractivity contribution in [2.24, 2.45) is 0 Å². The van der Waals surface area contributed by atoms with Gasteiger partial charge in [0.05, 0.1) is 18.2 Å². The van der Waals surface area contributed by atoms with E-state index in [1.165, 1.54) is 10.8 Å². The van der Waals surface area contributed by atoms with Gasteiger partial charge >= 0.3 is 0 Å². The maximum atomic E-state index is 8.79. The molecule has 0 aliphatic carbocycles. The summed E-state index contributed by atoms with van der Waals surface area (Å²) >= 11 is 3.97. The van der Waals surface area contributed by atoms with Gasteiger partial charge in [-0.25, -0.2) is 0 Å². The summed E-state index contributed by atoms with van der Waals surface area (Å²) < 4.78 is 0. The van der Waals surface area contributed by atoms with E-state index in [9.17, 15) is 0 Å². The van der Waals surface area contributed by atoms with Crippen LogP contribution in [0.2, 0.25) is 0 Å². The van der Waals surface area contributed by atoms with E-state index in [2.05, 4.69) is 16.6 Å².